The molecule has 1 N–H and O–H groups in total. The van der Waals surface area contributed by atoms with Crippen molar-refractivity contribution in [1.29, 1.82) is 0 Å². The van der Waals surface area contributed by atoms with Crippen molar-refractivity contribution in [3.05, 3.63) is 22.5 Å². The Morgan fingerprint density at radius 1 is 1.35 bits per heavy atom. The summed E-state index contributed by atoms with van der Waals surface area (Å²) >= 11 is 0. The first-order valence-corrected chi connectivity index (χ1v) is 7.57. The molecule has 2 heterocycles. The number of ether oxygens (including phenoxy) is 2. The number of aryl methyl sites for hydroxylation is 1. The first kappa shape index (κ1) is 17.2. The molecule has 0 spiro atoms. The third-order valence-electron chi connectivity index (χ3n) is 3.91. The fourth-order valence-corrected chi connectivity index (χ4v) is 2.82. The van der Waals surface area contributed by atoms with Gasteiger partial charge >= 0.3 is 5.97 Å². The minimum absolute atomic E-state index is 0.0187. The van der Waals surface area contributed by atoms with E-state index in [4.69, 9.17) is 9.47 Å². The van der Waals surface area contributed by atoms with Crippen LogP contribution in [0, 0.1) is 13.8 Å². The Morgan fingerprint density at radius 3 is 2.61 bits per heavy atom. The molecule has 1 atom stereocenters. The number of carbonyl (C=O) groups is 3. The Labute approximate surface area is 134 Å². The quantitative estimate of drug-likeness (QED) is 0.665. The number of hydrogen-bond donors (Lipinski definition) is 1. The van der Waals surface area contributed by atoms with Gasteiger partial charge in [-0.2, -0.15) is 0 Å². The van der Waals surface area contributed by atoms with Gasteiger partial charge in [-0.3, -0.25) is 9.59 Å². The van der Waals surface area contributed by atoms with Crippen LogP contribution >= 0.6 is 0 Å². The van der Waals surface area contributed by atoms with E-state index in [1.165, 1.54) is 6.92 Å². The molecule has 0 saturated carbocycles. The minimum atomic E-state index is -0.632. The van der Waals surface area contributed by atoms with Crippen LogP contribution < -0.4 is 0 Å². The molecule has 0 aromatic carbocycles. The van der Waals surface area contributed by atoms with Gasteiger partial charge in [-0.1, -0.05) is 0 Å². The van der Waals surface area contributed by atoms with Crippen LogP contribution in [0.1, 0.15) is 46.0 Å². The second-order valence-corrected chi connectivity index (χ2v) is 5.78. The average Bonchev–Trinajstić information content (AvgIpc) is 2.79. The fraction of sp³-hybridized carbons (Fsp3) is 0.562. The Bertz CT molecular complexity index is 635. The number of rotatable bonds is 4. The van der Waals surface area contributed by atoms with Crippen LogP contribution in [0.5, 0.6) is 0 Å². The summed E-state index contributed by atoms with van der Waals surface area (Å²) in [6.07, 6.45) is -0.0187. The van der Waals surface area contributed by atoms with Crippen LogP contribution in [0.2, 0.25) is 0 Å². The number of aromatic amines is 1. The van der Waals surface area contributed by atoms with Crippen LogP contribution in [0.4, 0.5) is 0 Å². The number of aromatic nitrogens is 1. The van der Waals surface area contributed by atoms with E-state index < -0.39 is 5.97 Å². The molecule has 1 aromatic rings. The van der Waals surface area contributed by atoms with Gasteiger partial charge in [0.15, 0.2) is 12.4 Å². The van der Waals surface area contributed by atoms with E-state index in [1.54, 1.807) is 18.7 Å². The fourth-order valence-electron chi connectivity index (χ4n) is 2.82. The average molecular weight is 322 g/mol. The second kappa shape index (κ2) is 6.95. The number of morpholine rings is 1. The maximum absolute atomic E-state index is 12.1. The van der Waals surface area contributed by atoms with Crippen molar-refractivity contribution in [2.24, 2.45) is 0 Å². The Balaban J connectivity index is 1.99. The predicted octanol–water partition coefficient (Wildman–Crippen LogP) is 1.24. The monoisotopic (exact) mass is 322 g/mol. The summed E-state index contributed by atoms with van der Waals surface area (Å²) in [5.74, 6) is -0.998. The molecule has 7 heteroatoms. The highest BCUT2D eigenvalue weighted by atomic mass is 16.5. The number of nitrogens with zero attached hydrogens (tertiary/aromatic N) is 1. The number of amides is 1. The largest absolute Gasteiger partial charge is 0.451 e. The van der Waals surface area contributed by atoms with Gasteiger partial charge in [-0.25, -0.2) is 4.79 Å². The topological polar surface area (TPSA) is 88.7 Å². The van der Waals surface area contributed by atoms with Crippen molar-refractivity contribution >= 4 is 17.7 Å². The molecule has 7 nitrogen and oxygen atoms in total. The third-order valence-corrected chi connectivity index (χ3v) is 3.91. The van der Waals surface area contributed by atoms with Crippen molar-refractivity contribution in [3.8, 4) is 0 Å². The van der Waals surface area contributed by atoms with Crippen molar-refractivity contribution in [3.63, 3.8) is 0 Å². The zero-order valence-electron chi connectivity index (χ0n) is 13.9. The first-order chi connectivity index (χ1) is 10.8. The molecule has 1 aliphatic rings. The molecule has 1 aromatic heterocycles. The number of Topliss-reactive ketones (excluding diaryl/α,β-unsaturated/α-hetero) is 1. The van der Waals surface area contributed by atoms with Crippen molar-refractivity contribution in [2.45, 2.75) is 33.8 Å². The Hall–Kier alpha value is -2.15. The SMILES string of the molecule is CC(=O)c1c(C)[nH]c(C(=O)OCC(=O)N2CCOC(C)C2)c1C. The highest BCUT2D eigenvalue weighted by molar-refractivity contribution is 6.01. The lowest BCUT2D eigenvalue weighted by molar-refractivity contribution is -0.141. The number of esters is 1. The molecule has 0 bridgehead atoms. The molecule has 0 radical (unpaired) electrons. The first-order valence-electron chi connectivity index (χ1n) is 7.57. The van der Waals surface area contributed by atoms with E-state index in [-0.39, 0.29) is 30.1 Å². The van der Waals surface area contributed by atoms with E-state index in [1.807, 2.05) is 6.92 Å². The lowest BCUT2D eigenvalue weighted by Crippen LogP contribution is -2.46. The van der Waals surface area contributed by atoms with Gasteiger partial charge in [0.25, 0.3) is 5.91 Å². The molecule has 1 saturated heterocycles. The molecule has 0 aliphatic carbocycles. The summed E-state index contributed by atoms with van der Waals surface area (Å²) in [6, 6.07) is 0. The van der Waals surface area contributed by atoms with Gasteiger partial charge in [0.2, 0.25) is 0 Å². The summed E-state index contributed by atoms with van der Waals surface area (Å²) in [6.45, 7) is 7.89. The van der Waals surface area contributed by atoms with E-state index in [0.29, 0.717) is 36.5 Å². The third kappa shape index (κ3) is 3.79. The molecular formula is C16H22N2O5. The van der Waals surface area contributed by atoms with Gasteiger partial charge in [0, 0.05) is 24.3 Å². The maximum Gasteiger partial charge on any atom is 0.355 e. The van der Waals surface area contributed by atoms with Gasteiger partial charge in [-0.15, -0.1) is 0 Å². The van der Waals surface area contributed by atoms with Crippen LogP contribution in [-0.4, -0.2) is 60.0 Å². The van der Waals surface area contributed by atoms with Gasteiger partial charge in [0.05, 0.1) is 12.7 Å². The summed E-state index contributed by atoms with van der Waals surface area (Å²) < 4.78 is 10.5. The molecule has 126 valence electrons. The highest BCUT2D eigenvalue weighted by Gasteiger charge is 2.24. The molecule has 1 fully saturated rings. The molecule has 1 aliphatic heterocycles. The normalized spacial score (nSPS) is 17.9. The lowest BCUT2D eigenvalue weighted by Gasteiger charge is -2.30. The molecule has 1 amide bonds. The van der Waals surface area contributed by atoms with E-state index in [0.717, 1.165) is 0 Å². The van der Waals surface area contributed by atoms with Gasteiger partial charge in [0.1, 0.15) is 5.69 Å². The van der Waals surface area contributed by atoms with Crippen molar-refractivity contribution in [2.75, 3.05) is 26.3 Å². The van der Waals surface area contributed by atoms with E-state index in [2.05, 4.69) is 4.98 Å². The number of carbonyl (C=O) groups excluding carboxylic acids is 3. The van der Waals surface area contributed by atoms with Crippen LogP contribution in [-0.2, 0) is 14.3 Å². The number of nitrogens with one attached hydrogen (secondary N) is 1. The summed E-state index contributed by atoms with van der Waals surface area (Å²) in [5.41, 5.74) is 1.88. The Kier molecular flexibility index (Phi) is 5.20. The lowest BCUT2D eigenvalue weighted by atomic mass is 10.1. The summed E-state index contributed by atoms with van der Waals surface area (Å²) in [5, 5.41) is 0. The maximum atomic E-state index is 12.1. The standard InChI is InChI=1S/C16H22N2O5/c1-9-7-18(5-6-22-9)13(20)8-23-16(21)15-10(2)14(12(4)19)11(3)17-15/h9,17H,5-8H2,1-4H3. The summed E-state index contributed by atoms with van der Waals surface area (Å²) in [7, 11) is 0. The van der Waals surface area contributed by atoms with E-state index in [9.17, 15) is 14.4 Å². The zero-order chi connectivity index (χ0) is 17.1. The van der Waals surface area contributed by atoms with Crippen LogP contribution in [0.15, 0.2) is 0 Å². The van der Waals surface area contributed by atoms with Crippen molar-refractivity contribution in [1.82, 2.24) is 9.88 Å². The summed E-state index contributed by atoms with van der Waals surface area (Å²) in [4.78, 5) is 40.3. The number of ketones is 1. The molecular weight excluding hydrogens is 300 g/mol. The van der Waals surface area contributed by atoms with Crippen LogP contribution in [0.3, 0.4) is 0 Å². The smallest absolute Gasteiger partial charge is 0.355 e. The van der Waals surface area contributed by atoms with Gasteiger partial charge < -0.3 is 19.4 Å². The molecule has 1 unspecified atom stereocenters. The second-order valence-electron chi connectivity index (χ2n) is 5.78. The van der Waals surface area contributed by atoms with Crippen LogP contribution in [0.25, 0.3) is 0 Å². The minimum Gasteiger partial charge on any atom is -0.451 e. The zero-order valence-corrected chi connectivity index (χ0v) is 13.9. The number of H-pyrrole nitrogens is 1. The van der Waals surface area contributed by atoms with Crippen molar-refractivity contribution < 1.29 is 23.9 Å². The molecule has 23 heavy (non-hydrogen) atoms. The predicted molar refractivity (Wildman–Crippen MR) is 82.5 cm³/mol. The van der Waals surface area contributed by atoms with E-state index >= 15 is 0 Å². The van der Waals surface area contributed by atoms with Gasteiger partial charge in [-0.05, 0) is 33.3 Å². The molecule has 2 rings (SSSR count). The Morgan fingerprint density at radius 2 is 2.04 bits per heavy atom. The highest BCUT2D eigenvalue weighted by Crippen LogP contribution is 2.19. The number of hydrogen-bond acceptors (Lipinski definition) is 5.